The molecule has 5 nitrogen and oxygen atoms in total. The summed E-state index contributed by atoms with van der Waals surface area (Å²) in [7, 11) is -3.63. The quantitative estimate of drug-likeness (QED) is 0.907. The Morgan fingerprint density at radius 2 is 1.83 bits per heavy atom. The van der Waals surface area contributed by atoms with Gasteiger partial charge < -0.3 is 5.11 Å². The minimum absolute atomic E-state index is 0.207. The molecule has 0 bridgehead atoms. The van der Waals surface area contributed by atoms with Crippen molar-refractivity contribution in [2.45, 2.75) is 25.3 Å². The molecule has 0 fully saturated rings. The summed E-state index contributed by atoms with van der Waals surface area (Å²) in [4.78, 5) is 4.18. The van der Waals surface area contributed by atoms with Gasteiger partial charge >= 0.3 is 0 Å². The summed E-state index contributed by atoms with van der Waals surface area (Å²) in [6.07, 6.45) is 1.34. The number of hydrogen-bond donors (Lipinski definition) is 1. The second-order valence-electron chi connectivity index (χ2n) is 4.05. The Balaban J connectivity index is 2.54. The highest BCUT2D eigenvalue weighted by atomic mass is 32.2. The van der Waals surface area contributed by atoms with E-state index in [0.29, 0.717) is 11.5 Å². The van der Waals surface area contributed by atoms with Gasteiger partial charge in [0.25, 0.3) is 10.0 Å². The van der Waals surface area contributed by atoms with Crippen molar-refractivity contribution in [1.29, 1.82) is 0 Å². The van der Waals surface area contributed by atoms with Crippen molar-refractivity contribution in [3.05, 3.63) is 47.5 Å². The van der Waals surface area contributed by atoms with Crippen LogP contribution in [-0.2, 0) is 16.6 Å². The molecule has 96 valence electrons. The molecule has 1 aromatic carbocycles. The zero-order chi connectivity index (χ0) is 13.3. The van der Waals surface area contributed by atoms with Crippen LogP contribution in [0.3, 0.4) is 0 Å². The van der Waals surface area contributed by atoms with E-state index in [1.165, 1.54) is 6.20 Å². The summed E-state index contributed by atoms with van der Waals surface area (Å²) in [5.74, 6) is 0.333. The van der Waals surface area contributed by atoms with E-state index in [2.05, 4.69) is 4.98 Å². The van der Waals surface area contributed by atoms with Crippen molar-refractivity contribution < 1.29 is 13.5 Å². The standard InChI is InChI=1S/C12H14N2O3S/c1-9-3-5-12(6-4-9)18(16,17)14-7-11(8-15)13-10(14)2/h3-7,15H,8H2,1-2H3. The molecule has 0 amide bonds. The fourth-order valence-electron chi connectivity index (χ4n) is 1.66. The smallest absolute Gasteiger partial charge is 0.269 e. The molecule has 2 aromatic rings. The van der Waals surface area contributed by atoms with Crippen LogP contribution in [-0.4, -0.2) is 22.5 Å². The number of nitrogens with zero attached hydrogens (tertiary/aromatic N) is 2. The molecule has 1 aromatic heterocycles. The molecule has 0 saturated carbocycles. The van der Waals surface area contributed by atoms with Gasteiger partial charge in [-0.05, 0) is 26.0 Å². The summed E-state index contributed by atoms with van der Waals surface area (Å²) in [5.41, 5.74) is 1.33. The summed E-state index contributed by atoms with van der Waals surface area (Å²) in [5, 5.41) is 8.98. The highest BCUT2D eigenvalue weighted by Gasteiger charge is 2.19. The van der Waals surface area contributed by atoms with Gasteiger partial charge in [-0.25, -0.2) is 17.4 Å². The zero-order valence-corrected chi connectivity index (χ0v) is 11.0. The van der Waals surface area contributed by atoms with Crippen molar-refractivity contribution in [2.24, 2.45) is 0 Å². The SMILES string of the molecule is Cc1ccc(S(=O)(=O)n2cc(CO)nc2C)cc1. The van der Waals surface area contributed by atoms with Crippen LogP contribution in [0.1, 0.15) is 17.1 Å². The van der Waals surface area contributed by atoms with E-state index in [9.17, 15) is 8.42 Å². The van der Waals surface area contributed by atoms with E-state index in [1.807, 2.05) is 6.92 Å². The molecule has 2 rings (SSSR count). The number of aromatic nitrogens is 2. The van der Waals surface area contributed by atoms with Crippen molar-refractivity contribution in [3.8, 4) is 0 Å². The third-order valence-electron chi connectivity index (χ3n) is 2.63. The normalized spacial score (nSPS) is 11.7. The Morgan fingerprint density at radius 1 is 1.22 bits per heavy atom. The van der Waals surface area contributed by atoms with Crippen LogP contribution < -0.4 is 0 Å². The zero-order valence-electron chi connectivity index (χ0n) is 10.2. The molecule has 0 spiro atoms. The van der Waals surface area contributed by atoms with E-state index >= 15 is 0 Å². The van der Waals surface area contributed by atoms with Gasteiger partial charge in [-0.3, -0.25) is 0 Å². The van der Waals surface area contributed by atoms with Crippen LogP contribution in [0.15, 0.2) is 35.4 Å². The number of imidazole rings is 1. The lowest BCUT2D eigenvalue weighted by Gasteiger charge is -2.07. The molecule has 0 saturated heterocycles. The predicted octanol–water partition coefficient (Wildman–Crippen LogP) is 1.23. The van der Waals surface area contributed by atoms with Crippen LogP contribution in [0.4, 0.5) is 0 Å². The molecule has 18 heavy (non-hydrogen) atoms. The molecule has 0 aliphatic rings. The number of rotatable bonds is 3. The Morgan fingerprint density at radius 3 is 2.33 bits per heavy atom. The highest BCUT2D eigenvalue weighted by molar-refractivity contribution is 7.90. The van der Waals surface area contributed by atoms with Gasteiger partial charge in [-0.15, -0.1) is 0 Å². The van der Waals surface area contributed by atoms with Gasteiger partial charge in [0.2, 0.25) is 0 Å². The van der Waals surface area contributed by atoms with Gasteiger partial charge in [-0.2, -0.15) is 0 Å². The van der Waals surface area contributed by atoms with Crippen LogP contribution in [0.25, 0.3) is 0 Å². The molecule has 0 aliphatic carbocycles. The molecule has 0 radical (unpaired) electrons. The fraction of sp³-hybridized carbons (Fsp3) is 0.250. The van der Waals surface area contributed by atoms with Crippen molar-refractivity contribution in [2.75, 3.05) is 0 Å². The minimum Gasteiger partial charge on any atom is -0.390 e. The fourth-order valence-corrected chi connectivity index (χ4v) is 3.01. The van der Waals surface area contributed by atoms with E-state index in [-0.39, 0.29) is 11.5 Å². The summed E-state index contributed by atoms with van der Waals surface area (Å²) in [6, 6.07) is 6.60. The Labute approximate surface area is 106 Å². The van der Waals surface area contributed by atoms with Crippen LogP contribution in [0, 0.1) is 13.8 Å². The molecule has 0 unspecified atom stereocenters. The molecule has 0 atom stereocenters. The third kappa shape index (κ3) is 2.16. The number of benzene rings is 1. The Hall–Kier alpha value is -1.66. The number of hydrogen-bond acceptors (Lipinski definition) is 4. The Kier molecular flexibility index (Phi) is 3.23. The first-order chi connectivity index (χ1) is 8.45. The molecule has 1 heterocycles. The van der Waals surface area contributed by atoms with Gasteiger partial charge in [-0.1, -0.05) is 17.7 Å². The highest BCUT2D eigenvalue weighted by Crippen LogP contribution is 2.17. The maximum Gasteiger partial charge on any atom is 0.269 e. The predicted molar refractivity (Wildman–Crippen MR) is 66.6 cm³/mol. The third-order valence-corrected chi connectivity index (χ3v) is 4.39. The summed E-state index contributed by atoms with van der Waals surface area (Å²) >= 11 is 0. The Bertz CT molecular complexity index is 657. The topological polar surface area (TPSA) is 72.2 Å². The van der Waals surface area contributed by atoms with Crippen LogP contribution >= 0.6 is 0 Å². The molecule has 1 N–H and O–H groups in total. The van der Waals surface area contributed by atoms with Gasteiger partial charge in [0.15, 0.2) is 0 Å². The van der Waals surface area contributed by atoms with E-state index in [4.69, 9.17) is 5.11 Å². The largest absolute Gasteiger partial charge is 0.390 e. The van der Waals surface area contributed by atoms with Crippen LogP contribution in [0.5, 0.6) is 0 Å². The van der Waals surface area contributed by atoms with Gasteiger partial charge in [0.05, 0.1) is 17.2 Å². The maximum atomic E-state index is 12.3. The maximum absolute atomic E-state index is 12.3. The average molecular weight is 266 g/mol. The van der Waals surface area contributed by atoms with Crippen LogP contribution in [0.2, 0.25) is 0 Å². The first kappa shape index (κ1) is 12.8. The average Bonchev–Trinajstić information content (AvgIpc) is 2.72. The van der Waals surface area contributed by atoms with E-state index in [0.717, 1.165) is 9.54 Å². The van der Waals surface area contributed by atoms with Crippen molar-refractivity contribution in [1.82, 2.24) is 8.96 Å². The lowest BCUT2D eigenvalue weighted by Crippen LogP contribution is -2.13. The van der Waals surface area contributed by atoms with E-state index < -0.39 is 10.0 Å². The lowest BCUT2D eigenvalue weighted by atomic mass is 10.2. The van der Waals surface area contributed by atoms with Gasteiger partial charge in [0, 0.05) is 6.20 Å². The van der Waals surface area contributed by atoms with E-state index in [1.54, 1.807) is 31.2 Å². The first-order valence-corrected chi connectivity index (χ1v) is 6.87. The monoisotopic (exact) mass is 266 g/mol. The molecular formula is C12H14N2O3S. The first-order valence-electron chi connectivity index (χ1n) is 5.43. The van der Waals surface area contributed by atoms with Crippen molar-refractivity contribution >= 4 is 10.0 Å². The summed E-state index contributed by atoms with van der Waals surface area (Å²) < 4.78 is 25.8. The van der Waals surface area contributed by atoms with Crippen molar-refractivity contribution in [3.63, 3.8) is 0 Å². The number of aliphatic hydroxyl groups excluding tert-OH is 1. The number of aryl methyl sites for hydroxylation is 2. The lowest BCUT2D eigenvalue weighted by molar-refractivity contribution is 0.277. The molecule has 6 heteroatoms. The molecular weight excluding hydrogens is 252 g/mol. The number of aliphatic hydroxyl groups is 1. The molecule has 0 aliphatic heterocycles. The van der Waals surface area contributed by atoms with Gasteiger partial charge in [0.1, 0.15) is 5.82 Å². The summed E-state index contributed by atoms with van der Waals surface area (Å²) in [6.45, 7) is 3.20. The minimum atomic E-state index is -3.63. The second kappa shape index (κ2) is 4.55. The second-order valence-corrected chi connectivity index (χ2v) is 5.87.